The molecular weight excluding hydrogens is 525 g/mol. The number of carbonyl (C=O) groups excluding carboxylic acids is 1. The van der Waals surface area contributed by atoms with Crippen LogP contribution in [0.5, 0.6) is 5.75 Å². The van der Waals surface area contributed by atoms with E-state index in [9.17, 15) is 18.4 Å². The third-order valence-corrected chi connectivity index (χ3v) is 5.49. The van der Waals surface area contributed by atoms with Gasteiger partial charge in [0.2, 0.25) is 0 Å². The van der Waals surface area contributed by atoms with Crippen LogP contribution in [-0.4, -0.2) is 66.2 Å². The van der Waals surface area contributed by atoms with Gasteiger partial charge in [-0.25, -0.2) is 13.6 Å². The molecule has 11 heteroatoms. The zero-order chi connectivity index (χ0) is 22.5. The Balaban J connectivity index is 1.72. The summed E-state index contributed by atoms with van der Waals surface area (Å²) in [6.07, 6.45) is -0.952. The molecule has 2 aromatic rings. The number of ether oxygens (including phenoxy) is 1. The van der Waals surface area contributed by atoms with Crippen LogP contribution in [-0.2, 0) is 0 Å². The molecule has 0 unspecified atom stereocenters. The van der Waals surface area contributed by atoms with Crippen molar-refractivity contribution in [2.24, 2.45) is 5.73 Å². The minimum atomic E-state index is -0.952. The standard InChI is InChI=1S/C20H21F2IN4O4/c21-12-9-16(25-15-2-1-13(23)11-14(15)22)18(19(24)28)17(10-12)31-8-7-26-3-5-27(6-4-26)20(29)30/h1-2,9-11,25H,3-8H2,(H2,24,28)(H,29,30). The number of rotatable bonds is 7. The van der Waals surface area contributed by atoms with Gasteiger partial charge < -0.3 is 25.8 Å². The maximum atomic E-state index is 14.2. The van der Waals surface area contributed by atoms with Gasteiger partial charge in [0.25, 0.3) is 5.91 Å². The van der Waals surface area contributed by atoms with E-state index in [-0.39, 0.29) is 29.3 Å². The van der Waals surface area contributed by atoms with E-state index in [0.29, 0.717) is 36.3 Å². The van der Waals surface area contributed by atoms with Gasteiger partial charge in [-0.2, -0.15) is 0 Å². The number of amides is 2. The Morgan fingerprint density at radius 2 is 1.84 bits per heavy atom. The largest absolute Gasteiger partial charge is 0.491 e. The van der Waals surface area contributed by atoms with Crippen molar-refractivity contribution in [3.8, 4) is 5.75 Å². The van der Waals surface area contributed by atoms with Gasteiger partial charge in [0.1, 0.15) is 29.6 Å². The van der Waals surface area contributed by atoms with Crippen molar-refractivity contribution in [3.63, 3.8) is 0 Å². The summed E-state index contributed by atoms with van der Waals surface area (Å²) in [5.74, 6) is -2.14. The summed E-state index contributed by atoms with van der Waals surface area (Å²) in [4.78, 5) is 26.4. The number of nitrogens with zero attached hydrogens (tertiary/aromatic N) is 2. The molecule has 1 aliphatic heterocycles. The third-order valence-electron chi connectivity index (χ3n) is 4.82. The number of piperazine rings is 1. The van der Waals surface area contributed by atoms with Crippen molar-refractivity contribution in [2.75, 3.05) is 44.6 Å². The van der Waals surface area contributed by atoms with Gasteiger partial charge in [-0.1, -0.05) is 0 Å². The summed E-state index contributed by atoms with van der Waals surface area (Å²) in [7, 11) is 0. The van der Waals surface area contributed by atoms with Crippen LogP contribution in [0, 0.1) is 15.2 Å². The Bertz CT molecular complexity index is 984. The maximum absolute atomic E-state index is 14.2. The molecule has 0 atom stereocenters. The van der Waals surface area contributed by atoms with Crippen molar-refractivity contribution in [1.29, 1.82) is 0 Å². The van der Waals surface area contributed by atoms with E-state index >= 15 is 0 Å². The summed E-state index contributed by atoms with van der Waals surface area (Å²) in [6, 6.07) is 6.54. The van der Waals surface area contributed by atoms with Gasteiger partial charge in [0.05, 0.1) is 11.4 Å². The smallest absolute Gasteiger partial charge is 0.407 e. The highest BCUT2D eigenvalue weighted by Crippen LogP contribution is 2.31. The molecule has 166 valence electrons. The summed E-state index contributed by atoms with van der Waals surface area (Å²) >= 11 is 1.96. The second-order valence-electron chi connectivity index (χ2n) is 6.90. The first-order valence-electron chi connectivity index (χ1n) is 9.43. The van der Waals surface area contributed by atoms with Crippen molar-refractivity contribution in [1.82, 2.24) is 9.80 Å². The Morgan fingerprint density at radius 3 is 2.45 bits per heavy atom. The molecule has 0 bridgehead atoms. The highest BCUT2D eigenvalue weighted by atomic mass is 127. The van der Waals surface area contributed by atoms with Crippen LogP contribution in [0.3, 0.4) is 0 Å². The number of halogens is 3. The van der Waals surface area contributed by atoms with Crippen LogP contribution in [0.4, 0.5) is 25.0 Å². The van der Waals surface area contributed by atoms with Crippen LogP contribution in [0.25, 0.3) is 0 Å². The molecular formula is C20H21F2IN4O4. The number of benzene rings is 2. The quantitative estimate of drug-likeness (QED) is 0.461. The first-order valence-corrected chi connectivity index (χ1v) is 10.5. The second kappa shape index (κ2) is 10.1. The lowest BCUT2D eigenvalue weighted by atomic mass is 10.1. The van der Waals surface area contributed by atoms with Crippen molar-refractivity contribution >= 4 is 46.0 Å². The van der Waals surface area contributed by atoms with Crippen molar-refractivity contribution in [3.05, 3.63) is 51.1 Å². The van der Waals surface area contributed by atoms with E-state index in [1.165, 1.54) is 17.0 Å². The lowest BCUT2D eigenvalue weighted by Crippen LogP contribution is -2.49. The molecule has 3 rings (SSSR count). The number of hydrogen-bond acceptors (Lipinski definition) is 5. The molecule has 8 nitrogen and oxygen atoms in total. The van der Waals surface area contributed by atoms with Gasteiger partial charge in [0, 0.05) is 42.4 Å². The molecule has 1 saturated heterocycles. The van der Waals surface area contributed by atoms with E-state index in [4.69, 9.17) is 15.6 Å². The molecule has 1 heterocycles. The van der Waals surface area contributed by atoms with E-state index in [0.717, 1.165) is 12.1 Å². The minimum Gasteiger partial charge on any atom is -0.491 e. The van der Waals surface area contributed by atoms with Crippen LogP contribution in [0.15, 0.2) is 30.3 Å². The monoisotopic (exact) mass is 546 g/mol. The number of nitrogens with one attached hydrogen (secondary N) is 1. The molecule has 1 fully saturated rings. The maximum Gasteiger partial charge on any atom is 0.407 e. The fourth-order valence-corrected chi connectivity index (χ4v) is 3.69. The normalized spacial score (nSPS) is 14.4. The molecule has 2 aromatic carbocycles. The number of primary amides is 1. The third kappa shape index (κ3) is 5.94. The van der Waals surface area contributed by atoms with Gasteiger partial charge in [-0.15, -0.1) is 0 Å². The van der Waals surface area contributed by atoms with Crippen LogP contribution >= 0.6 is 22.6 Å². The van der Waals surface area contributed by atoms with Gasteiger partial charge in [-0.05, 0) is 46.9 Å². The number of carbonyl (C=O) groups is 2. The van der Waals surface area contributed by atoms with E-state index < -0.39 is 23.6 Å². The summed E-state index contributed by atoms with van der Waals surface area (Å²) in [6.45, 7) is 2.44. The van der Waals surface area contributed by atoms with Crippen molar-refractivity contribution < 1.29 is 28.2 Å². The van der Waals surface area contributed by atoms with Gasteiger partial charge in [0.15, 0.2) is 0 Å². The highest BCUT2D eigenvalue weighted by Gasteiger charge is 2.22. The first-order chi connectivity index (χ1) is 14.7. The Morgan fingerprint density at radius 1 is 1.13 bits per heavy atom. The molecule has 0 radical (unpaired) electrons. The molecule has 0 aliphatic carbocycles. The number of hydrogen-bond donors (Lipinski definition) is 3. The molecule has 31 heavy (non-hydrogen) atoms. The predicted molar refractivity (Wildman–Crippen MR) is 119 cm³/mol. The average Bonchev–Trinajstić information content (AvgIpc) is 2.70. The Hall–Kier alpha value is -2.67. The molecule has 4 N–H and O–H groups in total. The highest BCUT2D eigenvalue weighted by molar-refractivity contribution is 14.1. The summed E-state index contributed by atoms with van der Waals surface area (Å²) in [5, 5.41) is 11.7. The van der Waals surface area contributed by atoms with E-state index in [1.54, 1.807) is 6.07 Å². The summed E-state index contributed by atoms with van der Waals surface area (Å²) in [5.41, 5.74) is 5.47. The first kappa shape index (κ1) is 23.0. The molecule has 0 aromatic heterocycles. The fourth-order valence-electron chi connectivity index (χ4n) is 3.23. The Kier molecular flexibility index (Phi) is 7.49. The number of carboxylic acid groups (broad SMARTS) is 1. The minimum absolute atomic E-state index is 0.00215. The zero-order valence-corrected chi connectivity index (χ0v) is 18.6. The topological polar surface area (TPSA) is 108 Å². The lowest BCUT2D eigenvalue weighted by Gasteiger charge is -2.32. The van der Waals surface area contributed by atoms with Crippen LogP contribution in [0.2, 0.25) is 0 Å². The fraction of sp³-hybridized carbons (Fsp3) is 0.300. The predicted octanol–water partition coefficient (Wildman–Crippen LogP) is 3.09. The second-order valence-corrected chi connectivity index (χ2v) is 8.15. The Labute approximate surface area is 191 Å². The van der Waals surface area contributed by atoms with Crippen molar-refractivity contribution in [2.45, 2.75) is 0 Å². The van der Waals surface area contributed by atoms with E-state index in [1.807, 2.05) is 27.5 Å². The number of anilines is 2. The molecule has 2 amide bonds. The summed E-state index contributed by atoms with van der Waals surface area (Å²) < 4.78 is 34.7. The zero-order valence-electron chi connectivity index (χ0n) is 16.4. The number of nitrogens with two attached hydrogens (primary N) is 1. The van der Waals surface area contributed by atoms with Crippen LogP contribution < -0.4 is 15.8 Å². The lowest BCUT2D eigenvalue weighted by molar-refractivity contribution is 0.0974. The molecule has 0 saturated carbocycles. The van der Waals surface area contributed by atoms with Gasteiger partial charge >= 0.3 is 6.09 Å². The molecule has 1 aliphatic rings. The average molecular weight is 546 g/mol. The molecule has 0 spiro atoms. The van der Waals surface area contributed by atoms with Gasteiger partial charge in [-0.3, -0.25) is 9.69 Å². The van der Waals surface area contributed by atoms with E-state index in [2.05, 4.69) is 5.32 Å². The SMILES string of the molecule is NC(=O)c1c(Nc2ccc(I)cc2F)cc(F)cc1OCCN1CCN(C(=O)O)CC1. The van der Waals surface area contributed by atoms with Crippen LogP contribution in [0.1, 0.15) is 10.4 Å².